The maximum Gasteiger partial charge on any atom is 0.435 e. The van der Waals surface area contributed by atoms with Gasteiger partial charge >= 0.3 is 12.1 Å². The Morgan fingerprint density at radius 1 is 1.30 bits per heavy atom. The lowest BCUT2D eigenvalue weighted by Crippen LogP contribution is -2.25. The van der Waals surface area contributed by atoms with Crippen molar-refractivity contribution < 1.29 is 27.9 Å². The van der Waals surface area contributed by atoms with Crippen molar-refractivity contribution in [2.45, 2.75) is 25.7 Å². The fourth-order valence-corrected chi connectivity index (χ4v) is 1.71. The number of alkyl halides is 3. The summed E-state index contributed by atoms with van der Waals surface area (Å²) in [6.07, 6.45) is -2.18. The first-order valence-electron chi connectivity index (χ1n) is 6.35. The molecule has 124 valence electrons. The van der Waals surface area contributed by atoms with Crippen LogP contribution in [-0.2, 0) is 22.3 Å². The maximum absolute atomic E-state index is 12.5. The minimum Gasteiger partial charge on any atom is -0.480 e. The van der Waals surface area contributed by atoms with E-state index in [1.807, 2.05) is 0 Å². The number of hydrogen-bond acceptors (Lipinski definition) is 4. The SMILES string of the molecule is CC(C(=O)Nc1ccn(CC(=O)O)n1)n1ccc(C(F)(F)F)n1. The average Bonchev–Trinajstić information content (AvgIpc) is 3.05. The number of carboxylic acid groups (broad SMARTS) is 1. The molecule has 11 heteroatoms. The molecule has 0 radical (unpaired) electrons. The van der Waals surface area contributed by atoms with E-state index in [4.69, 9.17) is 5.11 Å². The molecule has 2 aromatic heterocycles. The van der Waals surface area contributed by atoms with Gasteiger partial charge in [-0.05, 0) is 13.0 Å². The number of anilines is 1. The van der Waals surface area contributed by atoms with E-state index in [1.165, 1.54) is 19.2 Å². The molecule has 0 aliphatic heterocycles. The third-order valence-corrected chi connectivity index (χ3v) is 2.86. The van der Waals surface area contributed by atoms with Crippen molar-refractivity contribution in [3.8, 4) is 0 Å². The van der Waals surface area contributed by atoms with Gasteiger partial charge in [0.15, 0.2) is 11.5 Å². The monoisotopic (exact) mass is 331 g/mol. The van der Waals surface area contributed by atoms with Gasteiger partial charge < -0.3 is 10.4 Å². The minimum atomic E-state index is -4.59. The van der Waals surface area contributed by atoms with E-state index < -0.39 is 29.8 Å². The summed E-state index contributed by atoms with van der Waals surface area (Å²) in [6.45, 7) is 0.996. The lowest BCUT2D eigenvalue weighted by Gasteiger charge is -2.11. The van der Waals surface area contributed by atoms with Crippen LogP contribution >= 0.6 is 0 Å². The molecular formula is C12H12F3N5O3. The summed E-state index contributed by atoms with van der Waals surface area (Å²) in [6, 6.07) is 1.14. The maximum atomic E-state index is 12.5. The third kappa shape index (κ3) is 4.08. The highest BCUT2D eigenvalue weighted by molar-refractivity contribution is 5.92. The van der Waals surface area contributed by atoms with Crippen molar-refractivity contribution in [2.75, 3.05) is 5.32 Å². The van der Waals surface area contributed by atoms with Crippen LogP contribution in [0.15, 0.2) is 24.5 Å². The molecule has 0 aliphatic rings. The number of hydrogen-bond donors (Lipinski definition) is 2. The first kappa shape index (κ1) is 16.5. The second-order valence-corrected chi connectivity index (χ2v) is 4.64. The van der Waals surface area contributed by atoms with Crippen molar-refractivity contribution >= 4 is 17.7 Å². The molecule has 0 saturated heterocycles. The highest BCUT2D eigenvalue weighted by atomic mass is 19.4. The van der Waals surface area contributed by atoms with Gasteiger partial charge in [0.25, 0.3) is 0 Å². The van der Waals surface area contributed by atoms with Gasteiger partial charge in [0, 0.05) is 18.5 Å². The molecule has 1 amide bonds. The first-order valence-corrected chi connectivity index (χ1v) is 6.35. The number of carbonyl (C=O) groups excluding carboxylic acids is 1. The van der Waals surface area contributed by atoms with Gasteiger partial charge in [-0.2, -0.15) is 23.4 Å². The molecule has 23 heavy (non-hydrogen) atoms. The fraction of sp³-hybridized carbons (Fsp3) is 0.333. The van der Waals surface area contributed by atoms with Crippen LogP contribution in [0.25, 0.3) is 0 Å². The fourth-order valence-electron chi connectivity index (χ4n) is 1.71. The highest BCUT2D eigenvalue weighted by Crippen LogP contribution is 2.27. The second-order valence-electron chi connectivity index (χ2n) is 4.64. The minimum absolute atomic E-state index is 0.0892. The van der Waals surface area contributed by atoms with Crippen molar-refractivity contribution in [2.24, 2.45) is 0 Å². The van der Waals surface area contributed by atoms with Crippen LogP contribution in [-0.4, -0.2) is 36.5 Å². The lowest BCUT2D eigenvalue weighted by molar-refractivity contribution is -0.142. The van der Waals surface area contributed by atoms with Crippen LogP contribution in [0, 0.1) is 0 Å². The van der Waals surface area contributed by atoms with Crippen LogP contribution < -0.4 is 5.32 Å². The van der Waals surface area contributed by atoms with Crippen molar-refractivity contribution in [1.82, 2.24) is 19.6 Å². The zero-order chi connectivity index (χ0) is 17.2. The molecule has 2 aromatic rings. The van der Waals surface area contributed by atoms with Gasteiger partial charge in [-0.15, -0.1) is 0 Å². The molecule has 1 atom stereocenters. The van der Waals surface area contributed by atoms with E-state index in [0.717, 1.165) is 21.6 Å². The molecule has 0 fully saturated rings. The van der Waals surface area contributed by atoms with Crippen LogP contribution in [0.5, 0.6) is 0 Å². The average molecular weight is 331 g/mol. The number of rotatable bonds is 5. The van der Waals surface area contributed by atoms with Gasteiger partial charge in [-0.1, -0.05) is 0 Å². The molecule has 0 aliphatic carbocycles. The largest absolute Gasteiger partial charge is 0.480 e. The van der Waals surface area contributed by atoms with E-state index >= 15 is 0 Å². The number of aromatic nitrogens is 4. The Kier molecular flexibility index (Phi) is 4.38. The molecule has 2 heterocycles. The zero-order valence-electron chi connectivity index (χ0n) is 11.8. The summed E-state index contributed by atoms with van der Waals surface area (Å²) in [5, 5.41) is 18.1. The summed E-state index contributed by atoms with van der Waals surface area (Å²) in [5.74, 6) is -1.65. The van der Waals surface area contributed by atoms with Gasteiger partial charge in [-0.3, -0.25) is 19.0 Å². The Labute approximate surface area is 127 Å². The van der Waals surface area contributed by atoms with Crippen molar-refractivity contribution in [3.05, 3.63) is 30.2 Å². The van der Waals surface area contributed by atoms with E-state index in [1.54, 1.807) is 0 Å². The number of amides is 1. The molecule has 2 N–H and O–H groups in total. The first-order chi connectivity index (χ1) is 10.7. The number of nitrogens with one attached hydrogen (secondary N) is 1. The van der Waals surface area contributed by atoms with E-state index in [9.17, 15) is 22.8 Å². The highest BCUT2D eigenvalue weighted by Gasteiger charge is 2.34. The summed E-state index contributed by atoms with van der Waals surface area (Å²) in [7, 11) is 0. The molecule has 1 unspecified atom stereocenters. The predicted octanol–water partition coefficient (Wildman–Crippen LogP) is 1.38. The molecule has 0 saturated carbocycles. The third-order valence-electron chi connectivity index (χ3n) is 2.86. The van der Waals surface area contributed by atoms with Crippen LogP contribution in [0.1, 0.15) is 18.7 Å². The molecule has 0 aromatic carbocycles. The van der Waals surface area contributed by atoms with E-state index in [2.05, 4.69) is 15.5 Å². The molecule has 0 spiro atoms. The second kappa shape index (κ2) is 6.10. The lowest BCUT2D eigenvalue weighted by atomic mass is 10.3. The standard InChI is InChI=1S/C12H12F3N5O3/c1-7(20-5-2-8(17-20)12(13,14)15)11(23)16-9-3-4-19(18-9)6-10(21)22/h2-5,7H,6H2,1H3,(H,21,22)(H,16,18,23). The Morgan fingerprint density at radius 2 is 2.00 bits per heavy atom. The van der Waals surface area contributed by atoms with Gasteiger partial charge in [0.1, 0.15) is 12.6 Å². The number of carboxylic acids is 1. The Balaban J connectivity index is 2.04. The molecular weight excluding hydrogens is 319 g/mol. The Morgan fingerprint density at radius 3 is 2.57 bits per heavy atom. The van der Waals surface area contributed by atoms with Crippen molar-refractivity contribution in [3.63, 3.8) is 0 Å². The van der Waals surface area contributed by atoms with Gasteiger partial charge in [-0.25, -0.2) is 0 Å². The van der Waals surface area contributed by atoms with Crippen molar-refractivity contribution in [1.29, 1.82) is 0 Å². The summed E-state index contributed by atoms with van der Waals surface area (Å²) < 4.78 is 39.4. The van der Waals surface area contributed by atoms with Crippen LogP contribution in [0.2, 0.25) is 0 Å². The topological polar surface area (TPSA) is 102 Å². The normalized spacial score (nSPS) is 12.9. The smallest absolute Gasteiger partial charge is 0.435 e. The van der Waals surface area contributed by atoms with Gasteiger partial charge in [0.2, 0.25) is 5.91 Å². The quantitative estimate of drug-likeness (QED) is 0.862. The number of carbonyl (C=O) groups is 2. The molecule has 0 bridgehead atoms. The van der Waals surface area contributed by atoms with Crippen LogP contribution in [0.4, 0.5) is 19.0 Å². The van der Waals surface area contributed by atoms with Gasteiger partial charge in [0.05, 0.1) is 0 Å². The predicted molar refractivity (Wildman–Crippen MR) is 70.4 cm³/mol. The Bertz CT molecular complexity index is 722. The van der Waals surface area contributed by atoms with Crippen LogP contribution in [0.3, 0.4) is 0 Å². The van der Waals surface area contributed by atoms with E-state index in [0.29, 0.717) is 0 Å². The summed E-state index contributed by atoms with van der Waals surface area (Å²) >= 11 is 0. The van der Waals surface area contributed by atoms with E-state index in [-0.39, 0.29) is 12.4 Å². The molecule has 8 nitrogen and oxygen atoms in total. The number of halogens is 3. The molecule has 2 rings (SSSR count). The zero-order valence-corrected chi connectivity index (χ0v) is 11.8. The summed E-state index contributed by atoms with van der Waals surface area (Å²) in [4.78, 5) is 22.5. The summed E-state index contributed by atoms with van der Waals surface area (Å²) in [5.41, 5.74) is -1.09. The Hall–Kier alpha value is -2.85. The number of nitrogens with zero attached hydrogens (tertiary/aromatic N) is 4. The number of aliphatic carboxylic acids is 1.